The highest BCUT2D eigenvalue weighted by molar-refractivity contribution is 6.38. The van der Waals surface area contributed by atoms with Gasteiger partial charge >= 0.3 is 0 Å². The van der Waals surface area contributed by atoms with E-state index < -0.39 is 59.0 Å². The van der Waals surface area contributed by atoms with Gasteiger partial charge in [0, 0.05) is 25.0 Å². The Hall–Kier alpha value is -3.90. The van der Waals surface area contributed by atoms with Gasteiger partial charge < -0.3 is 26.2 Å². The summed E-state index contributed by atoms with van der Waals surface area (Å²) < 4.78 is 0. The molecule has 268 valence electrons. The Morgan fingerprint density at radius 3 is 2.27 bits per heavy atom. The first-order valence-corrected chi connectivity index (χ1v) is 18.2. The highest BCUT2D eigenvalue weighted by Crippen LogP contribution is 2.43. The molecule has 4 fully saturated rings. The van der Waals surface area contributed by atoms with E-state index in [2.05, 4.69) is 31.2 Å². The summed E-state index contributed by atoms with van der Waals surface area (Å²) in [5.41, 5.74) is -0.638. The van der Waals surface area contributed by atoms with Crippen molar-refractivity contribution in [2.45, 2.75) is 135 Å². The summed E-state index contributed by atoms with van der Waals surface area (Å²) in [6, 6.07) is -3.68. The summed E-state index contributed by atoms with van der Waals surface area (Å²) in [6.45, 7) is 7.85. The average molecular weight is 680 g/mol. The molecule has 1 aromatic rings. The first kappa shape index (κ1) is 36.4. The van der Waals surface area contributed by atoms with Gasteiger partial charge in [0.05, 0.1) is 12.2 Å². The maximum Gasteiger partial charge on any atom is 0.289 e. The molecule has 49 heavy (non-hydrogen) atoms. The molecule has 0 aromatic carbocycles. The van der Waals surface area contributed by atoms with E-state index in [0.717, 1.165) is 64.2 Å². The molecule has 1 aromatic heterocycles. The number of ketones is 1. The Labute approximate surface area is 288 Å². The van der Waals surface area contributed by atoms with Crippen LogP contribution in [-0.2, 0) is 24.0 Å². The summed E-state index contributed by atoms with van der Waals surface area (Å²) in [6.07, 6.45) is 13.9. The first-order chi connectivity index (χ1) is 23.4. The van der Waals surface area contributed by atoms with Crippen molar-refractivity contribution < 1.29 is 28.8 Å². The fourth-order valence-electron chi connectivity index (χ4n) is 7.87. The van der Waals surface area contributed by atoms with E-state index in [0.29, 0.717) is 19.4 Å². The third-order valence-corrected chi connectivity index (χ3v) is 10.7. The number of fused-ring (bicyclic) bond motifs is 1. The highest BCUT2D eigenvalue weighted by atomic mass is 16.2. The van der Waals surface area contributed by atoms with Crippen LogP contribution in [0.15, 0.2) is 18.6 Å². The minimum Gasteiger partial charge on any atom is -0.347 e. The van der Waals surface area contributed by atoms with Crippen molar-refractivity contribution in [3.8, 4) is 0 Å². The lowest BCUT2D eigenvalue weighted by molar-refractivity contribution is -0.146. The standard InChI is InChI=1S/C36H53N7O6/c1-5-10-25(29(44)34(48)39-23-15-16-23)40-33(47)28-24-14-9-13-22(24)20-43(28)35(49)30(36(2,3)4)42-32(46)27(21-11-7-6-8-12-21)41-31(45)26-19-37-17-18-38-26/h17-19,21-25,27-28,30H,5-16,20H2,1-4H3,(H,39,48)(H,40,47)(H,41,45)(H,42,46)/t22-,24-,25-,27+,28?,30+/m0/s1. The van der Waals surface area contributed by atoms with Gasteiger partial charge in [0.25, 0.3) is 11.8 Å². The highest BCUT2D eigenvalue weighted by Gasteiger charge is 2.52. The number of hydrogen-bond donors (Lipinski definition) is 4. The maximum absolute atomic E-state index is 14.6. The third kappa shape index (κ3) is 8.83. The Morgan fingerprint density at radius 1 is 0.898 bits per heavy atom. The molecule has 4 aliphatic rings. The lowest BCUT2D eigenvalue weighted by Gasteiger charge is -2.38. The van der Waals surface area contributed by atoms with Gasteiger partial charge in [-0.2, -0.15) is 0 Å². The van der Waals surface area contributed by atoms with Crippen molar-refractivity contribution in [3.63, 3.8) is 0 Å². The van der Waals surface area contributed by atoms with Crippen molar-refractivity contribution in [1.82, 2.24) is 36.1 Å². The van der Waals surface area contributed by atoms with Gasteiger partial charge in [-0.25, -0.2) is 4.98 Å². The van der Waals surface area contributed by atoms with E-state index in [9.17, 15) is 28.8 Å². The molecule has 3 aliphatic carbocycles. The molecule has 0 radical (unpaired) electrons. The van der Waals surface area contributed by atoms with Gasteiger partial charge in [-0.15, -0.1) is 0 Å². The molecule has 5 amide bonds. The third-order valence-electron chi connectivity index (χ3n) is 10.7. The number of nitrogens with zero attached hydrogens (tertiary/aromatic N) is 3. The molecule has 0 bridgehead atoms. The summed E-state index contributed by atoms with van der Waals surface area (Å²) in [4.78, 5) is 91.4. The Bertz CT molecular complexity index is 1390. The van der Waals surface area contributed by atoms with Crippen LogP contribution in [0.1, 0.15) is 115 Å². The number of hydrogen-bond acceptors (Lipinski definition) is 8. The number of amides is 5. The van der Waals surface area contributed by atoms with Crippen LogP contribution in [0.2, 0.25) is 0 Å². The number of carbonyl (C=O) groups is 6. The van der Waals surface area contributed by atoms with Crippen molar-refractivity contribution >= 4 is 35.3 Å². The van der Waals surface area contributed by atoms with E-state index in [4.69, 9.17) is 0 Å². The van der Waals surface area contributed by atoms with Crippen LogP contribution in [0.5, 0.6) is 0 Å². The Morgan fingerprint density at radius 2 is 1.63 bits per heavy atom. The molecule has 1 unspecified atom stereocenters. The van der Waals surface area contributed by atoms with Gasteiger partial charge in [0.2, 0.25) is 23.5 Å². The quantitative estimate of drug-likeness (QED) is 0.230. The molecule has 1 aliphatic heterocycles. The van der Waals surface area contributed by atoms with Crippen LogP contribution in [0.3, 0.4) is 0 Å². The molecular formula is C36H53N7O6. The lowest BCUT2D eigenvalue weighted by Crippen LogP contribution is -2.62. The number of Topliss-reactive ketones (excluding diaryl/α,β-unsaturated/α-hetero) is 1. The second-order valence-corrected chi connectivity index (χ2v) is 15.5. The van der Waals surface area contributed by atoms with Crippen molar-refractivity contribution in [3.05, 3.63) is 24.3 Å². The largest absolute Gasteiger partial charge is 0.347 e. The zero-order valence-electron chi connectivity index (χ0n) is 29.3. The zero-order valence-corrected chi connectivity index (χ0v) is 29.3. The van der Waals surface area contributed by atoms with E-state index in [1.165, 1.54) is 18.6 Å². The zero-order chi connectivity index (χ0) is 35.3. The molecule has 4 N–H and O–H groups in total. The molecule has 13 nitrogen and oxygen atoms in total. The molecule has 13 heteroatoms. The van der Waals surface area contributed by atoms with Crippen LogP contribution >= 0.6 is 0 Å². The van der Waals surface area contributed by atoms with Crippen LogP contribution in [0.4, 0.5) is 0 Å². The van der Waals surface area contributed by atoms with Gasteiger partial charge in [-0.05, 0) is 68.1 Å². The fraction of sp³-hybridized carbons (Fsp3) is 0.722. The number of nitrogens with one attached hydrogen (secondary N) is 4. The first-order valence-electron chi connectivity index (χ1n) is 18.2. The van der Waals surface area contributed by atoms with Gasteiger partial charge in [0.15, 0.2) is 0 Å². The van der Waals surface area contributed by atoms with E-state index in [-0.39, 0.29) is 35.4 Å². The van der Waals surface area contributed by atoms with Gasteiger partial charge in [-0.3, -0.25) is 33.8 Å². The molecule has 5 rings (SSSR count). The number of carbonyl (C=O) groups excluding carboxylic acids is 6. The monoisotopic (exact) mass is 679 g/mol. The van der Waals surface area contributed by atoms with E-state index in [1.807, 2.05) is 27.7 Å². The van der Waals surface area contributed by atoms with Gasteiger partial charge in [-0.1, -0.05) is 59.8 Å². The molecule has 6 atom stereocenters. The van der Waals surface area contributed by atoms with Crippen LogP contribution < -0.4 is 21.3 Å². The minimum absolute atomic E-state index is 0.0132. The maximum atomic E-state index is 14.6. The van der Waals surface area contributed by atoms with E-state index in [1.54, 1.807) is 4.90 Å². The van der Waals surface area contributed by atoms with Crippen molar-refractivity contribution in [2.24, 2.45) is 23.2 Å². The fourth-order valence-corrected chi connectivity index (χ4v) is 7.87. The molecule has 0 spiro atoms. The predicted octanol–water partition coefficient (Wildman–Crippen LogP) is 2.45. The lowest BCUT2D eigenvalue weighted by atomic mass is 9.82. The molecule has 2 heterocycles. The minimum atomic E-state index is -0.994. The summed E-state index contributed by atoms with van der Waals surface area (Å²) >= 11 is 0. The van der Waals surface area contributed by atoms with Crippen LogP contribution in [0.25, 0.3) is 0 Å². The topological polar surface area (TPSA) is 180 Å². The Balaban J connectivity index is 1.36. The SMILES string of the molecule is CCC[C@H](NC(=O)C1[C@H]2CCC[C@H]2CN1C(=O)[C@@H](NC(=O)[C@H](NC(=O)c1cnccn1)C1CCCCC1)C(C)(C)C)C(=O)C(=O)NC1CC1. The molecule has 3 saturated carbocycles. The number of likely N-dealkylation sites (tertiary alicyclic amines) is 1. The van der Waals surface area contributed by atoms with Gasteiger partial charge in [0.1, 0.15) is 23.8 Å². The Kier molecular flexibility index (Phi) is 11.7. The summed E-state index contributed by atoms with van der Waals surface area (Å²) in [7, 11) is 0. The predicted molar refractivity (Wildman–Crippen MR) is 181 cm³/mol. The molecular weight excluding hydrogens is 626 g/mol. The van der Waals surface area contributed by atoms with Crippen molar-refractivity contribution in [2.75, 3.05) is 6.54 Å². The van der Waals surface area contributed by atoms with Crippen LogP contribution in [0, 0.1) is 23.2 Å². The van der Waals surface area contributed by atoms with Crippen LogP contribution in [-0.4, -0.2) is 86.9 Å². The van der Waals surface area contributed by atoms with Crippen molar-refractivity contribution in [1.29, 1.82) is 0 Å². The number of aromatic nitrogens is 2. The summed E-state index contributed by atoms with van der Waals surface area (Å²) in [5.74, 6) is -3.20. The van der Waals surface area contributed by atoms with E-state index >= 15 is 0 Å². The molecule has 1 saturated heterocycles. The second-order valence-electron chi connectivity index (χ2n) is 15.5. The smallest absolute Gasteiger partial charge is 0.289 e. The average Bonchev–Trinajstić information content (AvgIpc) is 3.65. The summed E-state index contributed by atoms with van der Waals surface area (Å²) in [5, 5.41) is 11.5. The second kappa shape index (κ2) is 15.8. The normalized spacial score (nSPS) is 24.2. The number of rotatable bonds is 13.